The highest BCUT2D eigenvalue weighted by Crippen LogP contribution is 2.26. The molecule has 0 radical (unpaired) electrons. The Morgan fingerprint density at radius 2 is 1.52 bits per heavy atom. The molecule has 0 bridgehead atoms. The lowest BCUT2D eigenvalue weighted by molar-refractivity contribution is 0.249. The van der Waals surface area contributed by atoms with Gasteiger partial charge in [-0.3, -0.25) is 4.90 Å². The predicted molar refractivity (Wildman–Crippen MR) is 122 cm³/mol. The summed E-state index contributed by atoms with van der Waals surface area (Å²) in [5.41, 5.74) is 5.53. The number of nitrogens with zero attached hydrogens (tertiary/aromatic N) is 3. The lowest BCUT2D eigenvalue weighted by atomic mass is 10.0. The van der Waals surface area contributed by atoms with Gasteiger partial charge in [0.1, 0.15) is 5.82 Å². The molecule has 0 amide bonds. The first-order chi connectivity index (χ1) is 14.2. The van der Waals surface area contributed by atoms with Crippen LogP contribution in [-0.4, -0.2) is 36.1 Å². The van der Waals surface area contributed by atoms with Crippen molar-refractivity contribution in [1.82, 2.24) is 9.88 Å². The van der Waals surface area contributed by atoms with Crippen molar-refractivity contribution in [2.24, 2.45) is 0 Å². The van der Waals surface area contributed by atoms with Gasteiger partial charge in [-0.15, -0.1) is 0 Å². The van der Waals surface area contributed by atoms with Crippen LogP contribution in [-0.2, 0) is 13.0 Å². The van der Waals surface area contributed by atoms with Crippen LogP contribution in [0.4, 0.5) is 5.82 Å². The van der Waals surface area contributed by atoms with Gasteiger partial charge < -0.3 is 4.90 Å². The lowest BCUT2D eigenvalue weighted by Gasteiger charge is -2.36. The number of pyridine rings is 1. The van der Waals surface area contributed by atoms with Crippen LogP contribution >= 0.6 is 0 Å². The monoisotopic (exact) mass is 385 g/mol. The molecule has 2 heterocycles. The zero-order valence-electron chi connectivity index (χ0n) is 17.6. The summed E-state index contributed by atoms with van der Waals surface area (Å²) in [7, 11) is 0. The molecule has 4 rings (SSSR count). The first-order valence-corrected chi connectivity index (χ1v) is 10.7. The van der Waals surface area contributed by atoms with E-state index < -0.39 is 0 Å². The van der Waals surface area contributed by atoms with Crippen LogP contribution in [0.1, 0.15) is 42.0 Å². The summed E-state index contributed by atoms with van der Waals surface area (Å²) in [5, 5.41) is 0. The van der Waals surface area contributed by atoms with Gasteiger partial charge in [-0.2, -0.15) is 0 Å². The highest BCUT2D eigenvalue weighted by Gasteiger charge is 2.21. The Bertz CT molecular complexity index is 912. The third-order valence-corrected chi connectivity index (χ3v) is 5.76. The average Bonchev–Trinajstić information content (AvgIpc) is 2.75. The van der Waals surface area contributed by atoms with Gasteiger partial charge in [-0.1, -0.05) is 74.5 Å². The first kappa shape index (κ1) is 19.7. The molecule has 1 aliphatic rings. The Morgan fingerprint density at radius 1 is 0.793 bits per heavy atom. The molecule has 0 aliphatic carbocycles. The quantitative estimate of drug-likeness (QED) is 0.587. The van der Waals surface area contributed by atoms with Crippen LogP contribution in [0.15, 0.2) is 72.9 Å². The molecule has 1 saturated heterocycles. The third kappa shape index (κ3) is 5.04. The van der Waals surface area contributed by atoms with E-state index in [1.54, 1.807) is 0 Å². The summed E-state index contributed by atoms with van der Waals surface area (Å²) in [6, 6.07) is 24.1. The van der Waals surface area contributed by atoms with Crippen molar-refractivity contribution in [2.45, 2.75) is 32.7 Å². The van der Waals surface area contributed by atoms with Gasteiger partial charge in [0, 0.05) is 38.9 Å². The van der Waals surface area contributed by atoms with Crippen molar-refractivity contribution in [3.05, 3.63) is 95.2 Å². The molecule has 29 heavy (non-hydrogen) atoms. The molecule has 1 aliphatic heterocycles. The number of anilines is 1. The van der Waals surface area contributed by atoms with Gasteiger partial charge in [-0.05, 0) is 40.7 Å². The smallest absolute Gasteiger partial charge is 0.132 e. The van der Waals surface area contributed by atoms with Gasteiger partial charge in [-0.25, -0.2) is 4.98 Å². The van der Waals surface area contributed by atoms with Crippen molar-refractivity contribution >= 4 is 5.82 Å². The molecule has 1 fully saturated rings. The van der Waals surface area contributed by atoms with Crippen molar-refractivity contribution in [2.75, 3.05) is 31.1 Å². The summed E-state index contributed by atoms with van der Waals surface area (Å²) in [6.45, 7) is 9.77. The van der Waals surface area contributed by atoms with E-state index >= 15 is 0 Å². The molecule has 2 aromatic carbocycles. The van der Waals surface area contributed by atoms with Crippen LogP contribution in [0.3, 0.4) is 0 Å². The molecule has 0 atom stereocenters. The summed E-state index contributed by atoms with van der Waals surface area (Å²) in [6.07, 6.45) is 2.92. The topological polar surface area (TPSA) is 19.4 Å². The number of hydrogen-bond acceptors (Lipinski definition) is 3. The summed E-state index contributed by atoms with van der Waals surface area (Å²) < 4.78 is 0. The molecule has 1 aromatic heterocycles. The highest BCUT2D eigenvalue weighted by atomic mass is 15.3. The molecule has 3 heteroatoms. The van der Waals surface area contributed by atoms with E-state index in [9.17, 15) is 0 Å². The molecule has 0 N–H and O–H groups in total. The van der Waals surface area contributed by atoms with E-state index in [0.29, 0.717) is 5.92 Å². The molecule has 0 unspecified atom stereocenters. The fraction of sp³-hybridized carbons (Fsp3) is 0.346. The fourth-order valence-corrected chi connectivity index (χ4v) is 4.17. The van der Waals surface area contributed by atoms with E-state index in [1.165, 1.54) is 28.1 Å². The lowest BCUT2D eigenvalue weighted by Crippen LogP contribution is -2.46. The SMILES string of the molecule is CC(C)c1cccnc1N1CCN(Cc2cccc(Cc3ccccc3)c2)CC1. The molecular weight excluding hydrogens is 354 g/mol. The molecule has 0 saturated carbocycles. The number of rotatable bonds is 6. The van der Waals surface area contributed by atoms with Gasteiger partial charge in [0.2, 0.25) is 0 Å². The van der Waals surface area contributed by atoms with Crippen molar-refractivity contribution in [1.29, 1.82) is 0 Å². The van der Waals surface area contributed by atoms with Gasteiger partial charge in [0.25, 0.3) is 0 Å². The second-order valence-corrected chi connectivity index (χ2v) is 8.32. The van der Waals surface area contributed by atoms with Crippen LogP contribution in [0.25, 0.3) is 0 Å². The van der Waals surface area contributed by atoms with Crippen molar-refractivity contribution in [3.63, 3.8) is 0 Å². The molecule has 150 valence electrons. The summed E-state index contributed by atoms with van der Waals surface area (Å²) in [5.74, 6) is 1.68. The second kappa shape index (κ2) is 9.23. The maximum absolute atomic E-state index is 4.69. The molecule has 0 spiro atoms. The van der Waals surface area contributed by atoms with Gasteiger partial charge in [0.15, 0.2) is 0 Å². The number of hydrogen-bond donors (Lipinski definition) is 0. The van der Waals surface area contributed by atoms with E-state index in [4.69, 9.17) is 4.98 Å². The van der Waals surface area contributed by atoms with E-state index in [1.807, 2.05) is 6.20 Å². The van der Waals surface area contributed by atoms with E-state index in [0.717, 1.165) is 39.1 Å². The average molecular weight is 386 g/mol. The minimum Gasteiger partial charge on any atom is -0.354 e. The normalized spacial score (nSPS) is 15.1. The second-order valence-electron chi connectivity index (χ2n) is 8.32. The molecule has 3 nitrogen and oxygen atoms in total. The van der Waals surface area contributed by atoms with Crippen LogP contribution < -0.4 is 4.90 Å². The Labute approximate surface area is 175 Å². The zero-order chi connectivity index (χ0) is 20.1. The molecule has 3 aromatic rings. The largest absolute Gasteiger partial charge is 0.354 e. The Balaban J connectivity index is 1.36. The fourth-order valence-electron chi connectivity index (χ4n) is 4.17. The maximum atomic E-state index is 4.69. The van der Waals surface area contributed by atoms with Crippen LogP contribution in [0, 0.1) is 0 Å². The predicted octanol–water partition coefficient (Wildman–Crippen LogP) is 5.12. The Hall–Kier alpha value is -2.65. The summed E-state index contributed by atoms with van der Waals surface area (Å²) >= 11 is 0. The Kier molecular flexibility index (Phi) is 6.26. The van der Waals surface area contributed by atoms with Gasteiger partial charge in [0.05, 0.1) is 0 Å². The van der Waals surface area contributed by atoms with Crippen LogP contribution in [0.2, 0.25) is 0 Å². The molecular formula is C26H31N3. The van der Waals surface area contributed by atoms with Crippen molar-refractivity contribution in [3.8, 4) is 0 Å². The first-order valence-electron chi connectivity index (χ1n) is 10.7. The number of piperazine rings is 1. The van der Waals surface area contributed by atoms with E-state index in [-0.39, 0.29) is 0 Å². The number of aromatic nitrogens is 1. The van der Waals surface area contributed by atoms with Crippen LogP contribution in [0.5, 0.6) is 0 Å². The maximum Gasteiger partial charge on any atom is 0.132 e. The van der Waals surface area contributed by atoms with E-state index in [2.05, 4.69) is 90.4 Å². The third-order valence-electron chi connectivity index (χ3n) is 5.76. The highest BCUT2D eigenvalue weighted by molar-refractivity contribution is 5.48. The van der Waals surface area contributed by atoms with Crippen molar-refractivity contribution < 1.29 is 0 Å². The Morgan fingerprint density at radius 3 is 2.28 bits per heavy atom. The van der Waals surface area contributed by atoms with Gasteiger partial charge >= 0.3 is 0 Å². The standard InChI is InChI=1S/C26H31N3/c1-21(2)25-12-7-13-27-26(25)29-16-14-28(15-17-29)20-24-11-6-10-23(19-24)18-22-8-4-3-5-9-22/h3-13,19,21H,14-18,20H2,1-2H3. The zero-order valence-corrected chi connectivity index (χ0v) is 17.6. The minimum atomic E-state index is 0.504. The number of benzene rings is 2. The summed E-state index contributed by atoms with van der Waals surface area (Å²) in [4.78, 5) is 9.71. The minimum absolute atomic E-state index is 0.504.